The summed E-state index contributed by atoms with van der Waals surface area (Å²) < 4.78 is 10.6. The number of carbonyl (C=O) groups excluding carboxylic acids is 1. The molecule has 2 unspecified atom stereocenters. The summed E-state index contributed by atoms with van der Waals surface area (Å²) in [5.74, 6) is 1.64. The fraction of sp³-hybridized carbons (Fsp3) is 0.471. The SMILES string of the molecule is Cc1nc(COc2ccccc2C(=O)NC2CCCC2CN)no1.Cl. The normalized spacial score (nSPS) is 19.3. The Bertz CT molecular complexity index is 707. The second-order valence-electron chi connectivity index (χ2n) is 6.02. The van der Waals surface area contributed by atoms with E-state index in [1.807, 2.05) is 12.1 Å². The zero-order valence-electron chi connectivity index (χ0n) is 14.1. The van der Waals surface area contributed by atoms with Gasteiger partial charge in [0.15, 0.2) is 6.61 Å². The summed E-state index contributed by atoms with van der Waals surface area (Å²) in [6.45, 7) is 2.46. The van der Waals surface area contributed by atoms with Crippen molar-refractivity contribution < 1.29 is 14.1 Å². The number of nitrogens with one attached hydrogen (secondary N) is 1. The van der Waals surface area contributed by atoms with Gasteiger partial charge < -0.3 is 20.3 Å². The topological polar surface area (TPSA) is 103 Å². The zero-order chi connectivity index (χ0) is 16.9. The van der Waals surface area contributed by atoms with E-state index in [0.717, 1.165) is 19.3 Å². The fourth-order valence-electron chi connectivity index (χ4n) is 3.08. The Balaban J connectivity index is 0.00000225. The monoisotopic (exact) mass is 366 g/mol. The van der Waals surface area contributed by atoms with Gasteiger partial charge in [-0.05, 0) is 37.4 Å². The molecule has 1 saturated carbocycles. The third-order valence-electron chi connectivity index (χ3n) is 4.34. The number of hydrogen-bond donors (Lipinski definition) is 2. The number of nitrogens with zero attached hydrogens (tertiary/aromatic N) is 2. The average molecular weight is 367 g/mol. The highest BCUT2D eigenvalue weighted by Gasteiger charge is 2.28. The van der Waals surface area contributed by atoms with Gasteiger partial charge in [0.2, 0.25) is 11.7 Å². The number of rotatable bonds is 6. The van der Waals surface area contributed by atoms with E-state index in [0.29, 0.717) is 35.5 Å². The lowest BCUT2D eigenvalue weighted by atomic mass is 10.0. The summed E-state index contributed by atoms with van der Waals surface area (Å²) in [7, 11) is 0. The molecule has 0 aliphatic heterocycles. The Morgan fingerprint density at radius 1 is 1.40 bits per heavy atom. The number of para-hydroxylation sites is 1. The zero-order valence-corrected chi connectivity index (χ0v) is 14.9. The molecule has 0 bridgehead atoms. The molecule has 136 valence electrons. The van der Waals surface area contributed by atoms with Crippen LogP contribution in [0, 0.1) is 12.8 Å². The van der Waals surface area contributed by atoms with Crippen molar-refractivity contribution in [2.75, 3.05) is 6.54 Å². The van der Waals surface area contributed by atoms with Crippen LogP contribution in [0.2, 0.25) is 0 Å². The third kappa shape index (κ3) is 4.70. The standard InChI is InChI=1S/C17H22N4O3.ClH/c1-11-19-16(21-24-11)10-23-15-8-3-2-6-13(15)17(22)20-14-7-4-5-12(14)9-18;/h2-3,6,8,12,14H,4-5,7,9-10,18H2,1H3,(H,20,22);1H. The molecule has 1 amide bonds. The summed E-state index contributed by atoms with van der Waals surface area (Å²) in [6.07, 6.45) is 3.14. The number of aryl methyl sites for hydroxylation is 1. The van der Waals surface area contributed by atoms with E-state index in [1.165, 1.54) is 0 Å². The van der Waals surface area contributed by atoms with E-state index in [9.17, 15) is 4.79 Å². The van der Waals surface area contributed by atoms with Crippen molar-refractivity contribution in [1.29, 1.82) is 0 Å². The van der Waals surface area contributed by atoms with Crippen molar-refractivity contribution in [2.45, 2.75) is 38.8 Å². The molecule has 0 radical (unpaired) electrons. The number of benzene rings is 1. The minimum absolute atomic E-state index is 0. The van der Waals surface area contributed by atoms with Crippen molar-refractivity contribution in [3.8, 4) is 5.75 Å². The van der Waals surface area contributed by atoms with E-state index in [-0.39, 0.29) is 31.0 Å². The second-order valence-corrected chi connectivity index (χ2v) is 6.02. The summed E-state index contributed by atoms with van der Waals surface area (Å²) in [5.41, 5.74) is 6.28. The number of amides is 1. The lowest BCUT2D eigenvalue weighted by Gasteiger charge is -2.20. The van der Waals surface area contributed by atoms with Gasteiger partial charge in [0.25, 0.3) is 5.91 Å². The van der Waals surface area contributed by atoms with Crippen LogP contribution in [0.5, 0.6) is 5.75 Å². The Hall–Kier alpha value is -2.12. The smallest absolute Gasteiger partial charge is 0.255 e. The number of ether oxygens (including phenoxy) is 1. The Morgan fingerprint density at radius 2 is 2.20 bits per heavy atom. The first-order valence-electron chi connectivity index (χ1n) is 8.19. The van der Waals surface area contributed by atoms with Crippen LogP contribution in [0.4, 0.5) is 0 Å². The van der Waals surface area contributed by atoms with Gasteiger partial charge in [0.05, 0.1) is 5.56 Å². The predicted octanol–water partition coefficient (Wildman–Crippen LogP) is 2.24. The van der Waals surface area contributed by atoms with Crippen LogP contribution in [-0.2, 0) is 6.61 Å². The molecule has 1 heterocycles. The molecule has 2 aromatic rings. The molecule has 3 N–H and O–H groups in total. The van der Waals surface area contributed by atoms with Gasteiger partial charge in [-0.2, -0.15) is 4.98 Å². The maximum atomic E-state index is 12.6. The van der Waals surface area contributed by atoms with Crippen LogP contribution in [0.25, 0.3) is 0 Å². The Morgan fingerprint density at radius 3 is 2.92 bits per heavy atom. The van der Waals surface area contributed by atoms with Crippen molar-refractivity contribution >= 4 is 18.3 Å². The third-order valence-corrected chi connectivity index (χ3v) is 4.34. The highest BCUT2D eigenvalue weighted by Crippen LogP contribution is 2.26. The van der Waals surface area contributed by atoms with Crippen LogP contribution >= 0.6 is 12.4 Å². The van der Waals surface area contributed by atoms with Crippen LogP contribution in [-0.4, -0.2) is 28.6 Å². The van der Waals surface area contributed by atoms with Gasteiger partial charge in [0.1, 0.15) is 5.75 Å². The predicted molar refractivity (Wildman–Crippen MR) is 94.7 cm³/mol. The van der Waals surface area contributed by atoms with Gasteiger partial charge in [-0.3, -0.25) is 4.79 Å². The molecular weight excluding hydrogens is 344 g/mol. The Kier molecular flexibility index (Phi) is 6.78. The van der Waals surface area contributed by atoms with Gasteiger partial charge in [0, 0.05) is 13.0 Å². The maximum Gasteiger partial charge on any atom is 0.255 e. The van der Waals surface area contributed by atoms with Gasteiger partial charge in [-0.1, -0.05) is 23.7 Å². The molecular formula is C17H23ClN4O3. The molecule has 7 nitrogen and oxygen atoms in total. The molecule has 1 aromatic carbocycles. The van der Waals surface area contributed by atoms with Gasteiger partial charge >= 0.3 is 0 Å². The first-order valence-corrected chi connectivity index (χ1v) is 8.19. The van der Waals surface area contributed by atoms with E-state index in [4.69, 9.17) is 15.0 Å². The number of carbonyl (C=O) groups is 1. The highest BCUT2D eigenvalue weighted by molar-refractivity contribution is 5.97. The van der Waals surface area contributed by atoms with Crippen LogP contribution in [0.15, 0.2) is 28.8 Å². The molecule has 1 aliphatic carbocycles. The molecule has 1 fully saturated rings. The summed E-state index contributed by atoms with van der Waals surface area (Å²) >= 11 is 0. The molecule has 8 heteroatoms. The molecule has 3 rings (SSSR count). The molecule has 0 spiro atoms. The first-order chi connectivity index (χ1) is 11.7. The number of nitrogens with two attached hydrogens (primary N) is 1. The lowest BCUT2D eigenvalue weighted by Crippen LogP contribution is -2.40. The first kappa shape index (κ1) is 19.2. The van der Waals surface area contributed by atoms with Crippen molar-refractivity contribution in [1.82, 2.24) is 15.5 Å². The van der Waals surface area contributed by atoms with Crippen LogP contribution in [0.1, 0.15) is 41.3 Å². The second kappa shape index (κ2) is 8.82. The summed E-state index contributed by atoms with van der Waals surface area (Å²) in [5, 5.41) is 6.87. The van der Waals surface area contributed by atoms with E-state index >= 15 is 0 Å². The van der Waals surface area contributed by atoms with Gasteiger partial charge in [-0.15, -0.1) is 12.4 Å². The molecule has 25 heavy (non-hydrogen) atoms. The minimum Gasteiger partial charge on any atom is -0.485 e. The van der Waals surface area contributed by atoms with E-state index in [1.54, 1.807) is 19.1 Å². The molecule has 1 aliphatic rings. The molecule has 0 saturated heterocycles. The lowest BCUT2D eigenvalue weighted by molar-refractivity contribution is 0.0924. The number of aromatic nitrogens is 2. The highest BCUT2D eigenvalue weighted by atomic mass is 35.5. The quantitative estimate of drug-likeness (QED) is 0.812. The molecule has 2 atom stereocenters. The molecule has 1 aromatic heterocycles. The maximum absolute atomic E-state index is 12.6. The number of hydrogen-bond acceptors (Lipinski definition) is 6. The minimum atomic E-state index is -0.139. The van der Waals surface area contributed by atoms with E-state index in [2.05, 4.69) is 15.5 Å². The van der Waals surface area contributed by atoms with Gasteiger partial charge in [-0.25, -0.2) is 0 Å². The van der Waals surface area contributed by atoms with Crippen LogP contribution in [0.3, 0.4) is 0 Å². The Labute approximate surface area is 152 Å². The number of halogens is 1. The summed E-state index contributed by atoms with van der Waals surface area (Å²) in [6, 6.07) is 7.28. The largest absolute Gasteiger partial charge is 0.485 e. The summed E-state index contributed by atoms with van der Waals surface area (Å²) in [4.78, 5) is 16.7. The fourth-order valence-corrected chi connectivity index (χ4v) is 3.08. The van der Waals surface area contributed by atoms with Crippen molar-refractivity contribution in [3.05, 3.63) is 41.5 Å². The van der Waals surface area contributed by atoms with E-state index < -0.39 is 0 Å². The average Bonchev–Trinajstić information content (AvgIpc) is 3.21. The van der Waals surface area contributed by atoms with Crippen molar-refractivity contribution in [3.63, 3.8) is 0 Å². The van der Waals surface area contributed by atoms with Crippen molar-refractivity contribution in [2.24, 2.45) is 11.7 Å². The van der Waals surface area contributed by atoms with Crippen LogP contribution < -0.4 is 15.8 Å².